The fourth-order valence-corrected chi connectivity index (χ4v) is 2.89. The number of carbonyl (C=O) groups is 2. The molecule has 7 heteroatoms. The number of aryl methyl sites for hydroxylation is 1. The molecule has 0 saturated carbocycles. The summed E-state index contributed by atoms with van der Waals surface area (Å²) < 4.78 is 20.5. The van der Waals surface area contributed by atoms with Gasteiger partial charge in [0, 0.05) is 31.3 Å². The van der Waals surface area contributed by atoms with Crippen LogP contribution in [0.25, 0.3) is 10.9 Å². The zero-order chi connectivity index (χ0) is 20.4. The van der Waals surface area contributed by atoms with Gasteiger partial charge in [0.2, 0.25) is 0 Å². The van der Waals surface area contributed by atoms with Gasteiger partial charge in [-0.1, -0.05) is 12.1 Å². The predicted molar refractivity (Wildman–Crippen MR) is 102 cm³/mol. The molecule has 0 atom stereocenters. The summed E-state index contributed by atoms with van der Waals surface area (Å²) in [5.74, 6) is -1.47. The van der Waals surface area contributed by atoms with Crippen LogP contribution in [0, 0.1) is 5.82 Å². The molecule has 1 N–H and O–H groups in total. The number of halogens is 1. The minimum Gasteiger partial charge on any atom is -0.506 e. The Bertz CT molecular complexity index is 1150. The molecule has 0 aliphatic rings. The average Bonchev–Trinajstić information content (AvgIpc) is 2.66. The van der Waals surface area contributed by atoms with Crippen LogP contribution in [-0.4, -0.2) is 21.2 Å². The van der Waals surface area contributed by atoms with Gasteiger partial charge in [-0.05, 0) is 31.2 Å². The smallest absolute Gasteiger partial charge is 0.265 e. The Morgan fingerprint density at radius 1 is 1.14 bits per heavy atom. The summed E-state index contributed by atoms with van der Waals surface area (Å²) in [5.41, 5.74) is -0.708. The molecule has 1 aromatic heterocycles. The highest BCUT2D eigenvalue weighted by atomic mass is 19.1. The number of benzene rings is 2. The number of ketones is 2. The molecule has 3 rings (SSSR count). The van der Waals surface area contributed by atoms with Crippen LogP contribution in [0.1, 0.15) is 30.1 Å². The Morgan fingerprint density at radius 3 is 2.54 bits per heavy atom. The summed E-state index contributed by atoms with van der Waals surface area (Å²) in [7, 11) is 1.46. The molecule has 28 heavy (non-hydrogen) atoms. The second-order valence-corrected chi connectivity index (χ2v) is 6.42. The lowest BCUT2D eigenvalue weighted by Crippen LogP contribution is -2.25. The number of ether oxygens (including phenoxy) is 1. The number of carbonyl (C=O) groups excluding carboxylic acids is 2. The van der Waals surface area contributed by atoms with Crippen molar-refractivity contribution in [1.29, 1.82) is 0 Å². The molecule has 0 spiro atoms. The van der Waals surface area contributed by atoms with Gasteiger partial charge in [-0.2, -0.15) is 0 Å². The first kappa shape index (κ1) is 19.3. The second-order valence-electron chi connectivity index (χ2n) is 6.42. The lowest BCUT2D eigenvalue weighted by molar-refractivity contribution is -0.116. The number of aromatic nitrogens is 1. The summed E-state index contributed by atoms with van der Waals surface area (Å²) in [6.45, 7) is 1.35. The van der Waals surface area contributed by atoms with E-state index in [1.807, 2.05) is 0 Å². The highest BCUT2D eigenvalue weighted by Gasteiger charge is 2.21. The molecule has 0 unspecified atom stereocenters. The number of hydrogen-bond donors (Lipinski definition) is 1. The number of rotatable bonds is 6. The molecule has 3 aromatic rings. The molecule has 0 aliphatic carbocycles. The van der Waals surface area contributed by atoms with Gasteiger partial charge in [0.1, 0.15) is 22.8 Å². The monoisotopic (exact) mass is 383 g/mol. The van der Waals surface area contributed by atoms with Crippen LogP contribution >= 0.6 is 0 Å². The van der Waals surface area contributed by atoms with E-state index >= 15 is 0 Å². The van der Waals surface area contributed by atoms with Gasteiger partial charge in [-0.15, -0.1) is 0 Å². The van der Waals surface area contributed by atoms with Crippen LogP contribution in [0.5, 0.6) is 17.2 Å². The van der Waals surface area contributed by atoms with E-state index in [9.17, 15) is 23.9 Å². The summed E-state index contributed by atoms with van der Waals surface area (Å²) in [6.07, 6.45) is -0.160. The van der Waals surface area contributed by atoms with Crippen LogP contribution in [-0.2, 0) is 11.8 Å². The van der Waals surface area contributed by atoms with E-state index < -0.39 is 22.9 Å². The number of aromatic hydroxyl groups is 1. The maximum atomic E-state index is 13.8. The first-order valence-corrected chi connectivity index (χ1v) is 8.60. The average molecular weight is 383 g/mol. The molecule has 0 bridgehead atoms. The van der Waals surface area contributed by atoms with Gasteiger partial charge in [0.15, 0.2) is 17.3 Å². The minimum absolute atomic E-state index is 0.00508. The van der Waals surface area contributed by atoms with Crippen LogP contribution < -0.4 is 10.3 Å². The number of nitrogens with zero attached hydrogens (tertiary/aromatic N) is 1. The maximum Gasteiger partial charge on any atom is 0.265 e. The summed E-state index contributed by atoms with van der Waals surface area (Å²) in [5, 5.41) is 10.8. The molecular weight excluding hydrogens is 365 g/mol. The van der Waals surface area contributed by atoms with E-state index in [0.717, 1.165) is 0 Å². The quantitative estimate of drug-likeness (QED) is 0.656. The van der Waals surface area contributed by atoms with E-state index in [0.29, 0.717) is 5.52 Å². The molecule has 0 fully saturated rings. The van der Waals surface area contributed by atoms with Gasteiger partial charge in [-0.25, -0.2) is 4.39 Å². The topological polar surface area (TPSA) is 85.6 Å². The molecular formula is C21H18FNO5. The first-order chi connectivity index (χ1) is 13.3. The van der Waals surface area contributed by atoms with Crippen molar-refractivity contribution in [2.24, 2.45) is 7.05 Å². The Balaban J connectivity index is 2.06. The van der Waals surface area contributed by atoms with E-state index in [2.05, 4.69) is 0 Å². The van der Waals surface area contributed by atoms with Crippen LogP contribution in [0.2, 0.25) is 0 Å². The largest absolute Gasteiger partial charge is 0.506 e. The van der Waals surface area contributed by atoms with Crippen molar-refractivity contribution < 1.29 is 23.8 Å². The van der Waals surface area contributed by atoms with Crippen molar-refractivity contribution in [2.45, 2.75) is 19.8 Å². The molecule has 0 amide bonds. The molecule has 144 valence electrons. The first-order valence-electron chi connectivity index (χ1n) is 8.60. The molecule has 2 aromatic carbocycles. The fraction of sp³-hybridized carbons (Fsp3) is 0.190. The van der Waals surface area contributed by atoms with Crippen LogP contribution in [0.3, 0.4) is 0 Å². The number of hydrogen-bond acceptors (Lipinski definition) is 5. The van der Waals surface area contributed by atoms with Crippen molar-refractivity contribution in [3.63, 3.8) is 0 Å². The fourth-order valence-electron chi connectivity index (χ4n) is 2.89. The van der Waals surface area contributed by atoms with Crippen molar-refractivity contribution in [2.75, 3.05) is 0 Å². The van der Waals surface area contributed by atoms with E-state index in [-0.39, 0.29) is 41.1 Å². The standard InChI is InChI=1S/C21H18FNO5/c1-12(24)7-10-17(25)19-20(26)14-9-8-13(11-16(14)23(2)21(19)27)28-18-6-4-3-5-15(18)22/h3-6,8-9,11,26H,7,10H2,1-2H3. The van der Waals surface area contributed by atoms with Crippen molar-refractivity contribution in [1.82, 2.24) is 4.57 Å². The third-order valence-electron chi connectivity index (χ3n) is 4.39. The van der Waals surface area contributed by atoms with E-state index in [1.54, 1.807) is 6.07 Å². The third kappa shape index (κ3) is 3.64. The van der Waals surface area contributed by atoms with Crippen molar-refractivity contribution in [3.8, 4) is 17.2 Å². The Morgan fingerprint density at radius 2 is 1.86 bits per heavy atom. The molecule has 0 radical (unpaired) electrons. The van der Waals surface area contributed by atoms with Crippen LogP contribution in [0.15, 0.2) is 47.3 Å². The normalized spacial score (nSPS) is 10.8. The SMILES string of the molecule is CC(=O)CCC(=O)c1c(O)c2ccc(Oc3ccccc3F)cc2n(C)c1=O. The van der Waals surface area contributed by atoms with E-state index in [4.69, 9.17) is 4.74 Å². The molecule has 0 saturated heterocycles. The zero-order valence-electron chi connectivity index (χ0n) is 15.4. The van der Waals surface area contributed by atoms with Gasteiger partial charge in [-0.3, -0.25) is 9.59 Å². The van der Waals surface area contributed by atoms with Crippen LogP contribution in [0.4, 0.5) is 4.39 Å². The summed E-state index contributed by atoms with van der Waals surface area (Å²) in [6, 6.07) is 10.4. The summed E-state index contributed by atoms with van der Waals surface area (Å²) >= 11 is 0. The van der Waals surface area contributed by atoms with Gasteiger partial charge in [0.25, 0.3) is 5.56 Å². The van der Waals surface area contributed by atoms with E-state index in [1.165, 1.54) is 54.9 Å². The lowest BCUT2D eigenvalue weighted by atomic mass is 10.0. The number of para-hydroxylation sites is 1. The van der Waals surface area contributed by atoms with Crippen molar-refractivity contribution in [3.05, 3.63) is 64.2 Å². The van der Waals surface area contributed by atoms with Gasteiger partial charge >= 0.3 is 0 Å². The predicted octanol–water partition coefficient (Wildman–Crippen LogP) is 3.73. The van der Waals surface area contributed by atoms with Gasteiger partial charge in [0.05, 0.1) is 5.52 Å². The highest BCUT2D eigenvalue weighted by Crippen LogP contribution is 2.32. The number of Topliss-reactive ketones (excluding diaryl/α,β-unsaturated/α-hetero) is 2. The third-order valence-corrected chi connectivity index (χ3v) is 4.39. The number of pyridine rings is 1. The van der Waals surface area contributed by atoms with Gasteiger partial charge < -0.3 is 19.2 Å². The molecule has 1 heterocycles. The molecule has 0 aliphatic heterocycles. The zero-order valence-corrected chi connectivity index (χ0v) is 15.4. The maximum absolute atomic E-state index is 13.8. The Kier molecular flexibility index (Phi) is 5.26. The van der Waals surface area contributed by atoms with Crippen molar-refractivity contribution >= 4 is 22.5 Å². The second kappa shape index (κ2) is 7.64. The molecule has 6 nitrogen and oxygen atoms in total. The summed E-state index contributed by atoms with van der Waals surface area (Å²) in [4.78, 5) is 36.1. The Hall–Kier alpha value is -3.48. The minimum atomic E-state index is -0.679. The number of fused-ring (bicyclic) bond motifs is 1. The lowest BCUT2D eigenvalue weighted by Gasteiger charge is -2.13. The highest BCUT2D eigenvalue weighted by molar-refractivity contribution is 6.04. The Labute approximate surface area is 159 Å².